The summed E-state index contributed by atoms with van der Waals surface area (Å²) >= 11 is 0. The van der Waals surface area contributed by atoms with E-state index < -0.39 is 5.97 Å². The van der Waals surface area contributed by atoms with Crippen molar-refractivity contribution >= 4 is 5.97 Å². The molecule has 31 heavy (non-hydrogen) atoms. The Morgan fingerprint density at radius 2 is 2.10 bits per heavy atom. The molecule has 3 rings (SSSR count). The normalized spacial score (nSPS) is 13.8. The van der Waals surface area contributed by atoms with E-state index in [-0.39, 0.29) is 5.56 Å². The molecule has 0 saturated heterocycles. The Hall–Kier alpha value is -2.93. The van der Waals surface area contributed by atoms with Gasteiger partial charge in [0.2, 0.25) is 0 Å². The van der Waals surface area contributed by atoms with E-state index >= 15 is 0 Å². The van der Waals surface area contributed by atoms with Crippen LogP contribution in [0.3, 0.4) is 0 Å². The van der Waals surface area contributed by atoms with Crippen LogP contribution in [0.25, 0.3) is 0 Å². The number of rotatable bonds is 8. The minimum Gasteiger partial charge on any atom is -0.492 e. The van der Waals surface area contributed by atoms with Crippen molar-refractivity contribution in [1.29, 1.82) is 0 Å². The summed E-state index contributed by atoms with van der Waals surface area (Å²) in [4.78, 5) is 31.9. The van der Waals surface area contributed by atoms with E-state index in [1.807, 2.05) is 18.3 Å². The highest BCUT2D eigenvalue weighted by molar-refractivity contribution is 5.93. The number of aromatic nitrogens is 2. The fraction of sp³-hybridized carbons (Fsp3) is 0.458. The van der Waals surface area contributed by atoms with Crippen LogP contribution in [-0.4, -0.2) is 53.8 Å². The van der Waals surface area contributed by atoms with Crippen LogP contribution in [0.4, 0.5) is 0 Å². The van der Waals surface area contributed by atoms with Crippen molar-refractivity contribution in [3.05, 3.63) is 69.4 Å². The number of esters is 1. The number of methoxy groups -OCH3 is 1. The Morgan fingerprint density at radius 1 is 1.26 bits per heavy atom. The second-order valence-corrected chi connectivity index (χ2v) is 7.96. The van der Waals surface area contributed by atoms with Crippen LogP contribution >= 0.6 is 0 Å². The number of ether oxygens (including phenoxy) is 2. The number of allylic oxidation sites excluding steroid dienone is 1. The average Bonchev–Trinajstić information content (AvgIpc) is 2.99. The number of hydrogen-bond donors (Lipinski definition) is 0. The number of hydrogen-bond acceptors (Lipinski definition) is 6. The Bertz CT molecular complexity index is 978. The van der Waals surface area contributed by atoms with Crippen molar-refractivity contribution in [2.45, 2.75) is 39.7 Å². The lowest BCUT2D eigenvalue weighted by atomic mass is 10.1. The van der Waals surface area contributed by atoms with E-state index in [1.165, 1.54) is 18.7 Å². The van der Waals surface area contributed by atoms with E-state index in [0.29, 0.717) is 36.6 Å². The predicted molar refractivity (Wildman–Crippen MR) is 120 cm³/mol. The third kappa shape index (κ3) is 6.04. The van der Waals surface area contributed by atoms with Crippen LogP contribution in [0.2, 0.25) is 0 Å². The first-order valence-electron chi connectivity index (χ1n) is 10.7. The lowest BCUT2D eigenvalue weighted by Gasteiger charge is -2.17. The molecule has 0 saturated carbocycles. The summed E-state index contributed by atoms with van der Waals surface area (Å²) in [7, 11) is 1.36. The smallest absolute Gasteiger partial charge is 0.343 e. The van der Waals surface area contributed by atoms with Gasteiger partial charge in [0.05, 0.1) is 13.7 Å². The topological polar surface area (TPSA) is 73.7 Å². The highest BCUT2D eigenvalue weighted by Crippen LogP contribution is 2.24. The van der Waals surface area contributed by atoms with Gasteiger partial charge in [-0.1, -0.05) is 17.7 Å². The van der Waals surface area contributed by atoms with E-state index in [4.69, 9.17) is 9.47 Å². The summed E-state index contributed by atoms with van der Waals surface area (Å²) in [6.07, 6.45) is 7.90. The SMILES string of the molecule is COC(=O)c1c(OCCCc2cccnc2)cc(=O)n2c1CCN(CC=C(C)C)CC2. The summed E-state index contributed by atoms with van der Waals surface area (Å²) in [6.45, 7) is 7.43. The molecular weight excluding hydrogens is 394 g/mol. The summed E-state index contributed by atoms with van der Waals surface area (Å²) in [5.74, 6) is -0.157. The van der Waals surface area contributed by atoms with Crippen LogP contribution in [-0.2, 0) is 24.1 Å². The van der Waals surface area contributed by atoms with Gasteiger partial charge in [0.15, 0.2) is 0 Å². The van der Waals surface area contributed by atoms with Gasteiger partial charge >= 0.3 is 5.97 Å². The molecular formula is C24H31N3O4. The molecule has 0 aliphatic carbocycles. The fourth-order valence-electron chi connectivity index (χ4n) is 3.73. The molecule has 0 amide bonds. The van der Waals surface area contributed by atoms with Crippen molar-refractivity contribution in [2.24, 2.45) is 0 Å². The van der Waals surface area contributed by atoms with E-state index in [2.05, 4.69) is 29.8 Å². The predicted octanol–water partition coefficient (Wildman–Crippen LogP) is 2.87. The molecule has 0 unspecified atom stereocenters. The number of aryl methyl sites for hydroxylation is 1. The number of carbonyl (C=O) groups excluding carboxylic acids is 1. The summed E-state index contributed by atoms with van der Waals surface area (Å²) in [6, 6.07) is 5.34. The molecule has 0 N–H and O–H groups in total. The first kappa shape index (κ1) is 22.7. The zero-order valence-corrected chi connectivity index (χ0v) is 18.6. The number of nitrogens with zero attached hydrogens (tertiary/aromatic N) is 3. The molecule has 1 aliphatic heterocycles. The van der Waals surface area contributed by atoms with Crippen molar-refractivity contribution in [1.82, 2.24) is 14.5 Å². The molecule has 2 aromatic heterocycles. The van der Waals surface area contributed by atoms with Crippen LogP contribution in [0, 0.1) is 0 Å². The molecule has 0 aromatic carbocycles. The maximum Gasteiger partial charge on any atom is 0.343 e. The first-order chi connectivity index (χ1) is 15.0. The van der Waals surface area contributed by atoms with E-state index in [0.717, 1.165) is 38.0 Å². The number of fused-ring (bicyclic) bond motifs is 1. The van der Waals surface area contributed by atoms with Crippen LogP contribution in [0.15, 0.2) is 47.0 Å². The Balaban J connectivity index is 1.78. The van der Waals surface area contributed by atoms with Gasteiger partial charge in [-0.05, 0) is 38.3 Å². The zero-order valence-electron chi connectivity index (χ0n) is 18.6. The third-order valence-corrected chi connectivity index (χ3v) is 5.42. The Kier molecular flexibility index (Phi) is 8.00. The fourth-order valence-corrected chi connectivity index (χ4v) is 3.73. The maximum absolute atomic E-state index is 12.8. The van der Waals surface area contributed by atoms with Crippen molar-refractivity contribution in [2.75, 3.05) is 33.4 Å². The summed E-state index contributed by atoms with van der Waals surface area (Å²) in [5, 5.41) is 0. The highest BCUT2D eigenvalue weighted by Gasteiger charge is 2.25. The number of pyridine rings is 2. The molecule has 0 atom stereocenters. The molecule has 166 valence electrons. The van der Waals surface area contributed by atoms with Crippen LogP contribution in [0.5, 0.6) is 5.75 Å². The summed E-state index contributed by atoms with van der Waals surface area (Å²) in [5.41, 5.74) is 3.30. The molecule has 0 bridgehead atoms. The second kappa shape index (κ2) is 10.9. The van der Waals surface area contributed by atoms with Gasteiger partial charge in [0, 0.05) is 56.8 Å². The third-order valence-electron chi connectivity index (χ3n) is 5.42. The zero-order chi connectivity index (χ0) is 22.2. The quantitative estimate of drug-likeness (QED) is 0.368. The minimum absolute atomic E-state index is 0.144. The van der Waals surface area contributed by atoms with Crippen LogP contribution in [0.1, 0.15) is 41.9 Å². The molecule has 1 aliphatic rings. The second-order valence-electron chi connectivity index (χ2n) is 7.96. The van der Waals surface area contributed by atoms with Gasteiger partial charge in [-0.2, -0.15) is 0 Å². The molecule has 0 fully saturated rings. The first-order valence-corrected chi connectivity index (χ1v) is 10.7. The van der Waals surface area contributed by atoms with Gasteiger partial charge in [0.1, 0.15) is 11.3 Å². The summed E-state index contributed by atoms with van der Waals surface area (Å²) < 4.78 is 12.6. The standard InChI is InChI=1S/C24H31N3O4/c1-18(2)8-11-26-12-9-20-23(24(29)30-3)21(16-22(28)27(20)14-13-26)31-15-5-7-19-6-4-10-25-17-19/h4,6,8,10,16-17H,5,7,9,11-15H2,1-3H3. The van der Waals surface area contributed by atoms with Gasteiger partial charge < -0.3 is 14.0 Å². The van der Waals surface area contributed by atoms with Gasteiger partial charge in [-0.3, -0.25) is 14.7 Å². The molecule has 0 spiro atoms. The number of carbonyl (C=O) groups is 1. The van der Waals surface area contributed by atoms with Crippen molar-refractivity contribution in [3.8, 4) is 5.75 Å². The molecule has 0 radical (unpaired) electrons. The van der Waals surface area contributed by atoms with E-state index in [1.54, 1.807) is 10.8 Å². The van der Waals surface area contributed by atoms with Crippen LogP contribution < -0.4 is 10.3 Å². The Labute approximate surface area is 183 Å². The monoisotopic (exact) mass is 425 g/mol. The lowest BCUT2D eigenvalue weighted by Crippen LogP contribution is -2.29. The van der Waals surface area contributed by atoms with Crippen molar-refractivity contribution in [3.63, 3.8) is 0 Å². The molecule has 3 heterocycles. The molecule has 2 aromatic rings. The largest absolute Gasteiger partial charge is 0.492 e. The maximum atomic E-state index is 12.8. The van der Waals surface area contributed by atoms with E-state index in [9.17, 15) is 9.59 Å². The van der Waals surface area contributed by atoms with Gasteiger partial charge in [0.25, 0.3) is 5.56 Å². The minimum atomic E-state index is -0.469. The van der Waals surface area contributed by atoms with Gasteiger partial charge in [-0.25, -0.2) is 4.79 Å². The molecule has 7 heteroatoms. The lowest BCUT2D eigenvalue weighted by molar-refractivity contribution is 0.0593. The average molecular weight is 426 g/mol. The van der Waals surface area contributed by atoms with Crippen molar-refractivity contribution < 1.29 is 14.3 Å². The Morgan fingerprint density at radius 3 is 2.81 bits per heavy atom. The van der Waals surface area contributed by atoms with Gasteiger partial charge in [-0.15, -0.1) is 0 Å². The highest BCUT2D eigenvalue weighted by atomic mass is 16.5. The molecule has 7 nitrogen and oxygen atoms in total.